The summed E-state index contributed by atoms with van der Waals surface area (Å²) in [6, 6.07) is 0. The van der Waals surface area contributed by atoms with Crippen LogP contribution in [0.1, 0.15) is 25.1 Å². The molecule has 2 rings (SSSR count). The molecule has 0 unspecified atom stereocenters. The zero-order valence-electron chi connectivity index (χ0n) is 12.0. The molecule has 0 amide bonds. The van der Waals surface area contributed by atoms with Gasteiger partial charge in [0.25, 0.3) is 0 Å². The molecule has 0 bridgehead atoms. The van der Waals surface area contributed by atoms with Crippen LogP contribution in [-0.4, -0.2) is 45.6 Å². The standard InChI is InChI=1S/C13H23N5O2/c1-11-15-10-13(18(19)20)17(11)9-8-16-6-3-12(2-5-14)4-7-16/h10,12H,2-9,14H2,1H3. The minimum absolute atomic E-state index is 0.0838. The zero-order chi connectivity index (χ0) is 14.5. The molecule has 0 radical (unpaired) electrons. The summed E-state index contributed by atoms with van der Waals surface area (Å²) in [7, 11) is 0. The second kappa shape index (κ2) is 6.81. The SMILES string of the molecule is Cc1ncc([N+](=O)[O-])n1CCN1CCC(CCN)CC1. The van der Waals surface area contributed by atoms with Crippen molar-refractivity contribution in [1.29, 1.82) is 0 Å². The van der Waals surface area contributed by atoms with E-state index in [1.54, 1.807) is 11.5 Å². The number of nitrogens with two attached hydrogens (primary N) is 1. The molecule has 0 spiro atoms. The van der Waals surface area contributed by atoms with Crippen molar-refractivity contribution < 1.29 is 4.92 Å². The van der Waals surface area contributed by atoms with E-state index in [1.165, 1.54) is 19.0 Å². The normalized spacial score (nSPS) is 17.5. The number of hydrogen-bond acceptors (Lipinski definition) is 5. The average molecular weight is 281 g/mol. The fourth-order valence-electron chi connectivity index (χ4n) is 2.85. The first-order valence-corrected chi connectivity index (χ1v) is 7.20. The van der Waals surface area contributed by atoms with Gasteiger partial charge in [-0.1, -0.05) is 0 Å². The highest BCUT2D eigenvalue weighted by atomic mass is 16.6. The summed E-state index contributed by atoms with van der Waals surface area (Å²) in [4.78, 5) is 17.0. The second-order valence-electron chi connectivity index (χ2n) is 5.43. The molecule has 1 aromatic rings. The van der Waals surface area contributed by atoms with Crippen LogP contribution in [0, 0.1) is 23.0 Å². The highest BCUT2D eigenvalue weighted by molar-refractivity contribution is 5.18. The quantitative estimate of drug-likeness (QED) is 0.624. The molecule has 0 aliphatic carbocycles. The van der Waals surface area contributed by atoms with Crippen LogP contribution >= 0.6 is 0 Å². The number of piperidine rings is 1. The molecule has 1 aromatic heterocycles. The molecule has 2 heterocycles. The van der Waals surface area contributed by atoms with E-state index in [4.69, 9.17) is 5.73 Å². The first-order valence-electron chi connectivity index (χ1n) is 7.20. The first-order chi connectivity index (χ1) is 9.61. The fourth-order valence-corrected chi connectivity index (χ4v) is 2.85. The van der Waals surface area contributed by atoms with Crippen molar-refractivity contribution in [3.8, 4) is 0 Å². The number of aryl methyl sites for hydroxylation is 1. The Morgan fingerprint density at radius 1 is 1.45 bits per heavy atom. The van der Waals surface area contributed by atoms with Crippen molar-refractivity contribution in [2.24, 2.45) is 11.7 Å². The molecule has 0 atom stereocenters. The molecule has 112 valence electrons. The Labute approximate surface area is 118 Å². The van der Waals surface area contributed by atoms with Gasteiger partial charge in [-0.3, -0.25) is 4.90 Å². The van der Waals surface area contributed by atoms with Gasteiger partial charge in [-0.25, -0.2) is 9.55 Å². The van der Waals surface area contributed by atoms with E-state index >= 15 is 0 Å². The van der Waals surface area contributed by atoms with Gasteiger partial charge in [0.1, 0.15) is 12.7 Å². The summed E-state index contributed by atoms with van der Waals surface area (Å²) in [5.41, 5.74) is 5.59. The smallest absolute Gasteiger partial charge is 0.342 e. The van der Waals surface area contributed by atoms with Crippen LogP contribution in [0.5, 0.6) is 0 Å². The molecule has 20 heavy (non-hydrogen) atoms. The predicted molar refractivity (Wildman–Crippen MR) is 76.5 cm³/mol. The number of rotatable bonds is 6. The van der Waals surface area contributed by atoms with Crippen LogP contribution in [0.3, 0.4) is 0 Å². The topological polar surface area (TPSA) is 90.2 Å². The molecule has 7 nitrogen and oxygen atoms in total. The summed E-state index contributed by atoms with van der Waals surface area (Å²) in [5.74, 6) is 1.54. The number of hydrogen-bond donors (Lipinski definition) is 1. The van der Waals surface area contributed by atoms with E-state index in [9.17, 15) is 10.1 Å². The molecule has 1 aliphatic heterocycles. The number of nitro groups is 1. The Balaban J connectivity index is 1.85. The molecule has 7 heteroatoms. The number of likely N-dealkylation sites (tertiary alicyclic amines) is 1. The van der Waals surface area contributed by atoms with E-state index in [0.717, 1.165) is 38.5 Å². The third-order valence-electron chi connectivity index (χ3n) is 4.14. The number of nitrogens with zero attached hydrogens (tertiary/aromatic N) is 4. The van der Waals surface area contributed by atoms with Crippen molar-refractivity contribution in [3.63, 3.8) is 0 Å². The third kappa shape index (κ3) is 3.55. The van der Waals surface area contributed by atoms with E-state index in [1.807, 2.05) is 0 Å². The number of aromatic nitrogens is 2. The monoisotopic (exact) mass is 281 g/mol. The largest absolute Gasteiger partial charge is 0.358 e. The van der Waals surface area contributed by atoms with Crippen molar-refractivity contribution in [3.05, 3.63) is 22.1 Å². The van der Waals surface area contributed by atoms with Gasteiger partial charge < -0.3 is 15.8 Å². The molecule has 1 fully saturated rings. The second-order valence-corrected chi connectivity index (χ2v) is 5.43. The lowest BCUT2D eigenvalue weighted by molar-refractivity contribution is -0.392. The van der Waals surface area contributed by atoms with Gasteiger partial charge in [0, 0.05) is 13.5 Å². The molecule has 2 N–H and O–H groups in total. The summed E-state index contributed by atoms with van der Waals surface area (Å²) in [6.07, 6.45) is 4.81. The highest BCUT2D eigenvalue weighted by Crippen LogP contribution is 2.20. The highest BCUT2D eigenvalue weighted by Gasteiger charge is 2.21. The van der Waals surface area contributed by atoms with Crippen LogP contribution in [0.4, 0.5) is 5.82 Å². The van der Waals surface area contributed by atoms with Crippen molar-refractivity contribution in [2.75, 3.05) is 26.2 Å². The summed E-state index contributed by atoms with van der Waals surface area (Å²) >= 11 is 0. The van der Waals surface area contributed by atoms with E-state index in [-0.39, 0.29) is 10.7 Å². The van der Waals surface area contributed by atoms with Crippen LogP contribution in [0.25, 0.3) is 0 Å². The maximum absolute atomic E-state index is 10.9. The molecule has 0 saturated carbocycles. The van der Waals surface area contributed by atoms with E-state index in [2.05, 4.69) is 9.88 Å². The summed E-state index contributed by atoms with van der Waals surface area (Å²) in [5, 5.41) is 10.9. The van der Waals surface area contributed by atoms with Crippen LogP contribution < -0.4 is 5.73 Å². The van der Waals surface area contributed by atoms with Gasteiger partial charge in [0.2, 0.25) is 0 Å². The fraction of sp³-hybridized carbons (Fsp3) is 0.769. The number of imidazole rings is 1. The molecule has 1 saturated heterocycles. The minimum atomic E-state index is -0.368. The van der Waals surface area contributed by atoms with Crippen molar-refractivity contribution in [1.82, 2.24) is 14.5 Å². The Kier molecular flexibility index (Phi) is 5.08. The maximum atomic E-state index is 10.9. The lowest BCUT2D eigenvalue weighted by atomic mass is 9.94. The summed E-state index contributed by atoms with van der Waals surface area (Å²) < 4.78 is 1.69. The lowest BCUT2D eigenvalue weighted by Gasteiger charge is -2.31. The van der Waals surface area contributed by atoms with Gasteiger partial charge in [0.15, 0.2) is 5.82 Å². The summed E-state index contributed by atoms with van der Waals surface area (Å²) in [6.45, 7) is 6.17. The molecule has 0 aromatic carbocycles. The Hall–Kier alpha value is -1.47. The molecular formula is C13H23N5O2. The van der Waals surface area contributed by atoms with Crippen LogP contribution in [-0.2, 0) is 6.54 Å². The van der Waals surface area contributed by atoms with E-state index < -0.39 is 0 Å². The third-order valence-corrected chi connectivity index (χ3v) is 4.14. The van der Waals surface area contributed by atoms with Crippen LogP contribution in [0.2, 0.25) is 0 Å². The first kappa shape index (κ1) is 14.9. The van der Waals surface area contributed by atoms with Gasteiger partial charge in [-0.15, -0.1) is 0 Å². The van der Waals surface area contributed by atoms with E-state index in [0.29, 0.717) is 12.4 Å². The van der Waals surface area contributed by atoms with Gasteiger partial charge in [0.05, 0.1) is 0 Å². The van der Waals surface area contributed by atoms with Gasteiger partial charge in [-0.05, 0) is 49.7 Å². The molecule has 1 aliphatic rings. The maximum Gasteiger partial charge on any atom is 0.342 e. The predicted octanol–water partition coefficient (Wildman–Crippen LogP) is 1.16. The minimum Gasteiger partial charge on any atom is -0.358 e. The van der Waals surface area contributed by atoms with Gasteiger partial charge >= 0.3 is 5.82 Å². The molecular weight excluding hydrogens is 258 g/mol. The Morgan fingerprint density at radius 3 is 2.75 bits per heavy atom. The van der Waals surface area contributed by atoms with Crippen LogP contribution in [0.15, 0.2) is 6.20 Å². The Morgan fingerprint density at radius 2 is 2.15 bits per heavy atom. The van der Waals surface area contributed by atoms with Crippen molar-refractivity contribution >= 4 is 5.82 Å². The average Bonchev–Trinajstić information content (AvgIpc) is 2.80. The van der Waals surface area contributed by atoms with Crippen molar-refractivity contribution in [2.45, 2.75) is 32.7 Å². The Bertz CT molecular complexity index is 452. The zero-order valence-corrected chi connectivity index (χ0v) is 12.0. The van der Waals surface area contributed by atoms with Gasteiger partial charge in [-0.2, -0.15) is 0 Å². The lowest BCUT2D eigenvalue weighted by Crippen LogP contribution is -2.36.